The molecule has 0 fully saturated rings. The van der Waals surface area contributed by atoms with Crippen LogP contribution in [-0.2, 0) is 11.2 Å². The van der Waals surface area contributed by atoms with E-state index in [9.17, 15) is 4.79 Å². The lowest BCUT2D eigenvalue weighted by Crippen LogP contribution is -2.13. The molecule has 0 saturated carbocycles. The summed E-state index contributed by atoms with van der Waals surface area (Å²) >= 11 is 1.23. The van der Waals surface area contributed by atoms with Gasteiger partial charge in [0.25, 0.3) is 0 Å². The summed E-state index contributed by atoms with van der Waals surface area (Å²) in [7, 11) is 0. The quantitative estimate of drug-likeness (QED) is 0.826. The fraction of sp³-hybridized carbons (Fsp3) is 0.500. The van der Waals surface area contributed by atoms with Gasteiger partial charge in [-0.15, -0.1) is 0 Å². The number of rotatable bonds is 6. The highest BCUT2D eigenvalue weighted by Crippen LogP contribution is 2.30. The first-order chi connectivity index (χ1) is 9.95. The number of carbonyl (C=O) groups is 1. The summed E-state index contributed by atoms with van der Waals surface area (Å²) in [5.74, 6) is -0.0726. The van der Waals surface area contributed by atoms with Crippen LogP contribution in [0, 0.1) is 13.8 Å². The van der Waals surface area contributed by atoms with Crippen molar-refractivity contribution in [1.82, 2.24) is 14.7 Å². The Morgan fingerprint density at radius 2 is 2.24 bits per heavy atom. The van der Waals surface area contributed by atoms with Crippen molar-refractivity contribution < 1.29 is 14.4 Å². The molecule has 7 heteroatoms. The van der Waals surface area contributed by atoms with Crippen molar-refractivity contribution in [1.29, 1.82) is 0 Å². The second-order valence-electron chi connectivity index (χ2n) is 4.85. The molecule has 1 atom stereocenters. The molecule has 2 aromatic rings. The second-order valence-corrected chi connectivity index (χ2v) is 5.79. The predicted octanol–water partition coefficient (Wildman–Crippen LogP) is 2.84. The highest BCUT2D eigenvalue weighted by Gasteiger charge is 2.23. The number of carboxylic acid groups (broad SMARTS) is 1. The van der Waals surface area contributed by atoms with Crippen LogP contribution < -0.4 is 0 Å². The molecular weight excluding hydrogens is 290 g/mol. The molecule has 0 saturated heterocycles. The predicted molar refractivity (Wildman–Crippen MR) is 79.8 cm³/mol. The first-order valence-electron chi connectivity index (χ1n) is 6.79. The van der Waals surface area contributed by atoms with Gasteiger partial charge in [0.1, 0.15) is 5.76 Å². The molecule has 1 N–H and O–H groups in total. The van der Waals surface area contributed by atoms with Gasteiger partial charge in [-0.2, -0.15) is 0 Å². The smallest absolute Gasteiger partial charge is 0.313 e. The number of hydrogen-bond donors (Lipinski definition) is 1. The third-order valence-electron chi connectivity index (χ3n) is 3.42. The Morgan fingerprint density at radius 3 is 2.76 bits per heavy atom. The number of nitrogens with zero attached hydrogens (tertiary/aromatic N) is 3. The third kappa shape index (κ3) is 3.12. The molecule has 0 aliphatic heterocycles. The van der Waals surface area contributed by atoms with E-state index < -0.39 is 5.97 Å². The molecule has 0 aliphatic rings. The highest BCUT2D eigenvalue weighted by molar-refractivity contribution is 7.99. The van der Waals surface area contributed by atoms with Crippen LogP contribution in [0.15, 0.2) is 15.9 Å². The molecule has 1 unspecified atom stereocenters. The Morgan fingerprint density at radius 1 is 1.52 bits per heavy atom. The van der Waals surface area contributed by atoms with Crippen molar-refractivity contribution in [2.45, 2.75) is 45.3 Å². The second kappa shape index (κ2) is 6.34. The van der Waals surface area contributed by atoms with E-state index >= 15 is 0 Å². The van der Waals surface area contributed by atoms with Crippen LogP contribution in [-0.4, -0.2) is 31.5 Å². The number of imidazole rings is 1. The van der Waals surface area contributed by atoms with E-state index in [2.05, 4.69) is 28.6 Å². The molecule has 6 nitrogen and oxygen atoms in total. The van der Waals surface area contributed by atoms with E-state index in [1.165, 1.54) is 11.8 Å². The Labute approximate surface area is 127 Å². The summed E-state index contributed by atoms with van der Waals surface area (Å²) in [4.78, 5) is 15.1. The topological polar surface area (TPSA) is 81.1 Å². The maximum Gasteiger partial charge on any atom is 0.313 e. The Balaban J connectivity index is 2.41. The molecule has 0 bridgehead atoms. The Kier molecular flexibility index (Phi) is 4.72. The van der Waals surface area contributed by atoms with Crippen molar-refractivity contribution in [2.24, 2.45) is 0 Å². The lowest BCUT2D eigenvalue weighted by Gasteiger charge is -2.18. The monoisotopic (exact) mass is 309 g/mol. The molecule has 114 valence electrons. The van der Waals surface area contributed by atoms with Crippen LogP contribution in [0.3, 0.4) is 0 Å². The summed E-state index contributed by atoms with van der Waals surface area (Å²) in [6, 6.07) is 0.00462. The zero-order valence-corrected chi connectivity index (χ0v) is 13.4. The first-order valence-corrected chi connectivity index (χ1v) is 7.77. The molecule has 0 radical (unpaired) electrons. The maximum atomic E-state index is 10.8. The van der Waals surface area contributed by atoms with Gasteiger partial charge >= 0.3 is 5.97 Å². The maximum absolute atomic E-state index is 10.8. The largest absolute Gasteiger partial charge is 0.481 e. The SMILES string of the molecule is CCc1cnc(SCC(=O)O)n1C(C)c1c(C)noc1C. The van der Waals surface area contributed by atoms with Crippen molar-refractivity contribution >= 4 is 17.7 Å². The third-order valence-corrected chi connectivity index (χ3v) is 4.37. The van der Waals surface area contributed by atoms with E-state index in [-0.39, 0.29) is 11.8 Å². The summed E-state index contributed by atoms with van der Waals surface area (Å²) in [5, 5.41) is 13.6. The number of aromatic nitrogens is 3. The minimum absolute atomic E-state index is 0.00462. The van der Waals surface area contributed by atoms with Gasteiger partial charge in [-0.3, -0.25) is 4.79 Å². The molecule has 2 aromatic heterocycles. The fourth-order valence-electron chi connectivity index (χ4n) is 2.50. The van der Waals surface area contributed by atoms with Crippen LogP contribution in [0.1, 0.15) is 42.6 Å². The zero-order valence-electron chi connectivity index (χ0n) is 12.6. The van der Waals surface area contributed by atoms with E-state index in [1.54, 1.807) is 6.20 Å². The van der Waals surface area contributed by atoms with Crippen LogP contribution in [0.25, 0.3) is 0 Å². The summed E-state index contributed by atoms with van der Waals surface area (Å²) in [5.41, 5.74) is 2.94. The molecule has 0 aliphatic carbocycles. The van der Waals surface area contributed by atoms with Gasteiger partial charge in [0, 0.05) is 17.5 Å². The minimum atomic E-state index is -0.849. The van der Waals surface area contributed by atoms with Crippen molar-refractivity contribution in [3.05, 3.63) is 28.9 Å². The highest BCUT2D eigenvalue weighted by atomic mass is 32.2. The average Bonchev–Trinajstić information content (AvgIpc) is 2.99. The number of thioether (sulfide) groups is 1. The van der Waals surface area contributed by atoms with Gasteiger partial charge in [0.05, 0.1) is 17.5 Å². The van der Waals surface area contributed by atoms with Gasteiger partial charge in [0.15, 0.2) is 5.16 Å². The minimum Gasteiger partial charge on any atom is -0.481 e. The van der Waals surface area contributed by atoms with Crippen LogP contribution in [0.5, 0.6) is 0 Å². The van der Waals surface area contributed by atoms with E-state index in [0.29, 0.717) is 5.16 Å². The van der Waals surface area contributed by atoms with Gasteiger partial charge < -0.3 is 14.2 Å². The lowest BCUT2D eigenvalue weighted by molar-refractivity contribution is -0.133. The fourth-order valence-corrected chi connectivity index (χ4v) is 3.30. The zero-order chi connectivity index (χ0) is 15.6. The van der Waals surface area contributed by atoms with Gasteiger partial charge in [-0.25, -0.2) is 4.98 Å². The van der Waals surface area contributed by atoms with Crippen LogP contribution in [0.2, 0.25) is 0 Å². The average molecular weight is 309 g/mol. The molecule has 2 rings (SSSR count). The summed E-state index contributed by atoms with van der Waals surface area (Å²) < 4.78 is 7.31. The number of carboxylic acids is 1. The Hall–Kier alpha value is -1.76. The number of hydrogen-bond acceptors (Lipinski definition) is 5. The molecule has 0 amide bonds. The number of aryl methyl sites for hydroxylation is 3. The van der Waals surface area contributed by atoms with Gasteiger partial charge in [-0.05, 0) is 27.2 Å². The van der Waals surface area contributed by atoms with Crippen molar-refractivity contribution in [3.8, 4) is 0 Å². The first kappa shape index (κ1) is 15.6. The normalized spacial score (nSPS) is 12.6. The summed E-state index contributed by atoms with van der Waals surface area (Å²) in [6.07, 6.45) is 2.63. The molecule has 21 heavy (non-hydrogen) atoms. The standard InChI is InChI=1S/C14H19N3O3S/c1-5-11-6-15-14(21-7-12(18)19)17(11)9(3)13-8(2)16-20-10(13)4/h6,9H,5,7H2,1-4H3,(H,18,19). The van der Waals surface area contributed by atoms with Gasteiger partial charge in [0.2, 0.25) is 0 Å². The number of aliphatic carboxylic acids is 1. The van der Waals surface area contributed by atoms with E-state index in [1.807, 2.05) is 13.8 Å². The Bertz CT molecular complexity index is 628. The summed E-state index contributed by atoms with van der Waals surface area (Å²) in [6.45, 7) is 7.91. The molecule has 0 aromatic carbocycles. The van der Waals surface area contributed by atoms with Crippen molar-refractivity contribution in [2.75, 3.05) is 5.75 Å². The van der Waals surface area contributed by atoms with Crippen LogP contribution in [0.4, 0.5) is 0 Å². The molecule has 0 spiro atoms. The van der Waals surface area contributed by atoms with Crippen molar-refractivity contribution in [3.63, 3.8) is 0 Å². The molecule has 2 heterocycles. The van der Waals surface area contributed by atoms with Crippen LogP contribution >= 0.6 is 11.8 Å². The van der Waals surface area contributed by atoms with E-state index in [4.69, 9.17) is 9.63 Å². The lowest BCUT2D eigenvalue weighted by atomic mass is 10.1. The van der Waals surface area contributed by atoms with Gasteiger partial charge in [-0.1, -0.05) is 23.8 Å². The molecular formula is C14H19N3O3S. The van der Waals surface area contributed by atoms with E-state index in [0.717, 1.165) is 29.1 Å².